The van der Waals surface area contributed by atoms with Crippen molar-refractivity contribution in [3.05, 3.63) is 30.3 Å². The Kier molecular flexibility index (Phi) is 3.45. The molecule has 9 heteroatoms. The van der Waals surface area contributed by atoms with Crippen molar-refractivity contribution >= 4 is 28.4 Å². The van der Waals surface area contributed by atoms with Crippen molar-refractivity contribution in [3.8, 4) is 11.1 Å². The van der Waals surface area contributed by atoms with E-state index in [2.05, 4.69) is 36.1 Å². The van der Waals surface area contributed by atoms with Crippen LogP contribution in [0.15, 0.2) is 30.3 Å². The molecular weight excluding hydrogens is 330 g/mol. The number of fused-ring (bicyclic) bond motifs is 2. The second kappa shape index (κ2) is 5.95. The lowest BCUT2D eigenvalue weighted by molar-refractivity contribution is 0.478. The van der Waals surface area contributed by atoms with E-state index in [4.69, 9.17) is 5.73 Å². The van der Waals surface area contributed by atoms with Crippen LogP contribution in [-0.4, -0.2) is 49.1 Å². The number of H-pyrrole nitrogens is 1. The molecule has 0 bridgehead atoms. The zero-order valence-electron chi connectivity index (χ0n) is 14.1. The van der Waals surface area contributed by atoms with Crippen molar-refractivity contribution in [1.29, 1.82) is 0 Å². The summed E-state index contributed by atoms with van der Waals surface area (Å²) in [5.74, 6) is 1.15. The van der Waals surface area contributed by atoms with Gasteiger partial charge in [-0.3, -0.25) is 5.10 Å². The van der Waals surface area contributed by atoms with Gasteiger partial charge in [0.05, 0.1) is 5.52 Å². The smallest absolute Gasteiger partial charge is 0.240 e. The highest BCUT2D eigenvalue weighted by molar-refractivity contribution is 5.86. The molecule has 4 aromatic rings. The molecule has 1 aromatic carbocycles. The van der Waals surface area contributed by atoms with Crippen molar-refractivity contribution in [2.24, 2.45) is 0 Å². The van der Waals surface area contributed by atoms with E-state index in [0.29, 0.717) is 6.04 Å². The lowest BCUT2D eigenvalue weighted by Crippen LogP contribution is -2.38. The minimum atomic E-state index is 0.256. The summed E-state index contributed by atoms with van der Waals surface area (Å²) in [4.78, 5) is 4.44. The maximum absolute atomic E-state index is 5.90. The zero-order chi connectivity index (χ0) is 17.5. The zero-order valence-corrected chi connectivity index (χ0v) is 14.1. The van der Waals surface area contributed by atoms with E-state index < -0.39 is 0 Å². The molecular formula is C17H19N9. The number of rotatable bonds is 3. The fourth-order valence-electron chi connectivity index (χ4n) is 3.51. The summed E-state index contributed by atoms with van der Waals surface area (Å²) in [5, 5.41) is 22.1. The highest BCUT2D eigenvalue weighted by atomic mass is 15.4. The molecule has 5 rings (SSSR count). The molecule has 0 aliphatic carbocycles. The van der Waals surface area contributed by atoms with Crippen molar-refractivity contribution in [2.75, 3.05) is 24.1 Å². The number of hydrogen-bond donors (Lipinski definition) is 4. The number of aromatic nitrogens is 6. The number of nitrogens with one attached hydrogen (secondary N) is 3. The Balaban J connectivity index is 1.59. The predicted molar refractivity (Wildman–Crippen MR) is 99.8 cm³/mol. The van der Waals surface area contributed by atoms with E-state index in [0.717, 1.165) is 59.6 Å². The van der Waals surface area contributed by atoms with Gasteiger partial charge in [-0.05, 0) is 49.2 Å². The average molecular weight is 349 g/mol. The number of pyridine rings is 1. The number of aromatic amines is 1. The maximum atomic E-state index is 5.90. The fraction of sp³-hybridized carbons (Fsp3) is 0.294. The SMILES string of the molecule is Nc1nc2c(-c3ccc4nn[nH]c4c3)ccc(NC3CCCNC3)n2n1. The first kappa shape index (κ1) is 15.1. The topological polar surface area (TPSA) is 122 Å². The van der Waals surface area contributed by atoms with Crippen molar-refractivity contribution in [1.82, 2.24) is 35.3 Å². The molecule has 1 unspecified atom stereocenters. The number of anilines is 2. The Hall–Kier alpha value is -3.20. The maximum Gasteiger partial charge on any atom is 0.240 e. The van der Waals surface area contributed by atoms with Crippen LogP contribution in [0.4, 0.5) is 11.8 Å². The van der Waals surface area contributed by atoms with Crippen LogP contribution in [0.1, 0.15) is 12.8 Å². The highest BCUT2D eigenvalue weighted by Gasteiger charge is 2.17. The molecule has 4 heterocycles. The van der Waals surface area contributed by atoms with Gasteiger partial charge in [-0.1, -0.05) is 11.3 Å². The van der Waals surface area contributed by atoms with Crippen LogP contribution >= 0.6 is 0 Å². The molecule has 132 valence electrons. The van der Waals surface area contributed by atoms with Crippen LogP contribution in [0.5, 0.6) is 0 Å². The molecule has 0 amide bonds. The minimum Gasteiger partial charge on any atom is -0.366 e. The number of nitrogen functional groups attached to an aromatic ring is 1. The second-order valence-corrected chi connectivity index (χ2v) is 6.57. The third-order valence-corrected chi connectivity index (χ3v) is 4.79. The molecule has 26 heavy (non-hydrogen) atoms. The number of nitrogens with two attached hydrogens (primary N) is 1. The molecule has 1 aliphatic rings. The third kappa shape index (κ3) is 2.53. The summed E-state index contributed by atoms with van der Waals surface area (Å²) in [6.07, 6.45) is 2.29. The molecule has 1 saturated heterocycles. The van der Waals surface area contributed by atoms with Crippen LogP contribution < -0.4 is 16.4 Å². The summed E-state index contributed by atoms with van der Waals surface area (Å²) < 4.78 is 1.79. The molecule has 9 nitrogen and oxygen atoms in total. The molecule has 1 fully saturated rings. The van der Waals surface area contributed by atoms with Crippen molar-refractivity contribution in [3.63, 3.8) is 0 Å². The van der Waals surface area contributed by atoms with E-state index >= 15 is 0 Å². The fourth-order valence-corrected chi connectivity index (χ4v) is 3.51. The van der Waals surface area contributed by atoms with Gasteiger partial charge in [0.15, 0.2) is 5.65 Å². The van der Waals surface area contributed by atoms with Crippen molar-refractivity contribution < 1.29 is 0 Å². The summed E-state index contributed by atoms with van der Waals surface area (Å²) in [6, 6.07) is 10.4. The summed E-state index contributed by atoms with van der Waals surface area (Å²) >= 11 is 0. The van der Waals surface area contributed by atoms with Crippen LogP contribution in [0, 0.1) is 0 Å². The van der Waals surface area contributed by atoms with Gasteiger partial charge >= 0.3 is 0 Å². The van der Waals surface area contributed by atoms with Crippen LogP contribution in [0.3, 0.4) is 0 Å². The van der Waals surface area contributed by atoms with Gasteiger partial charge in [0.2, 0.25) is 5.95 Å². The molecule has 5 N–H and O–H groups in total. The van der Waals surface area contributed by atoms with E-state index in [1.165, 1.54) is 0 Å². The molecule has 0 saturated carbocycles. The average Bonchev–Trinajstić information content (AvgIpc) is 3.28. The van der Waals surface area contributed by atoms with Gasteiger partial charge in [0, 0.05) is 18.2 Å². The Morgan fingerprint density at radius 3 is 3.08 bits per heavy atom. The predicted octanol–water partition coefficient (Wildman–Crippen LogP) is 1.41. The second-order valence-electron chi connectivity index (χ2n) is 6.57. The van der Waals surface area contributed by atoms with Crippen LogP contribution in [0.2, 0.25) is 0 Å². The number of piperidine rings is 1. The molecule has 3 aromatic heterocycles. The van der Waals surface area contributed by atoms with Gasteiger partial charge in [-0.15, -0.1) is 10.2 Å². The third-order valence-electron chi connectivity index (χ3n) is 4.79. The van der Waals surface area contributed by atoms with E-state index in [9.17, 15) is 0 Å². The number of nitrogens with zero attached hydrogens (tertiary/aromatic N) is 5. The van der Waals surface area contributed by atoms with E-state index in [1.807, 2.05) is 30.3 Å². The summed E-state index contributed by atoms with van der Waals surface area (Å²) in [7, 11) is 0. The Morgan fingerprint density at radius 2 is 2.19 bits per heavy atom. The molecule has 1 aliphatic heterocycles. The van der Waals surface area contributed by atoms with E-state index in [1.54, 1.807) is 4.52 Å². The summed E-state index contributed by atoms with van der Waals surface area (Å²) in [6.45, 7) is 2.02. The molecule has 0 radical (unpaired) electrons. The number of benzene rings is 1. The first-order chi connectivity index (χ1) is 12.8. The molecule has 0 spiro atoms. The standard InChI is InChI=1S/C17H19N9/c18-17-21-16-12(10-3-5-13-14(8-10)23-25-22-13)4-6-15(26(16)24-17)20-11-2-1-7-19-9-11/h3-6,8,11,19-20H,1-2,7,9H2,(H2,18,24)(H,22,23,25). The highest BCUT2D eigenvalue weighted by Crippen LogP contribution is 2.29. The van der Waals surface area contributed by atoms with Gasteiger partial charge in [0.1, 0.15) is 11.3 Å². The van der Waals surface area contributed by atoms with Gasteiger partial charge in [0.25, 0.3) is 0 Å². The van der Waals surface area contributed by atoms with Crippen LogP contribution in [0.25, 0.3) is 27.8 Å². The lowest BCUT2D eigenvalue weighted by Gasteiger charge is -2.25. The van der Waals surface area contributed by atoms with Gasteiger partial charge < -0.3 is 16.4 Å². The normalized spacial score (nSPS) is 17.8. The van der Waals surface area contributed by atoms with Gasteiger partial charge in [-0.2, -0.15) is 9.50 Å². The van der Waals surface area contributed by atoms with E-state index in [-0.39, 0.29) is 5.95 Å². The number of hydrogen-bond acceptors (Lipinski definition) is 7. The minimum absolute atomic E-state index is 0.256. The Morgan fingerprint density at radius 1 is 1.23 bits per heavy atom. The first-order valence-corrected chi connectivity index (χ1v) is 8.71. The quantitative estimate of drug-likeness (QED) is 0.441. The first-order valence-electron chi connectivity index (χ1n) is 8.71. The largest absolute Gasteiger partial charge is 0.366 e. The van der Waals surface area contributed by atoms with Crippen LogP contribution in [-0.2, 0) is 0 Å². The van der Waals surface area contributed by atoms with Gasteiger partial charge in [-0.25, -0.2) is 0 Å². The Labute approximate surface area is 149 Å². The summed E-state index contributed by atoms with van der Waals surface area (Å²) in [5.41, 5.74) is 10.3. The monoisotopic (exact) mass is 349 g/mol. The lowest BCUT2D eigenvalue weighted by atomic mass is 10.1. The Bertz CT molecular complexity index is 1070. The van der Waals surface area contributed by atoms with Crippen molar-refractivity contribution in [2.45, 2.75) is 18.9 Å². The molecule has 1 atom stereocenters.